The number of benzene rings is 2. The SMILES string of the molecule is C(#Cc1ccccc1)CNc1ccc(-n2cncn2)cc1. The first-order chi connectivity index (χ1) is 10.4. The van der Waals surface area contributed by atoms with Gasteiger partial charge in [0.25, 0.3) is 0 Å². The number of aromatic nitrogens is 3. The minimum Gasteiger partial charge on any atom is -0.374 e. The topological polar surface area (TPSA) is 42.7 Å². The Morgan fingerprint density at radius 1 is 1.00 bits per heavy atom. The van der Waals surface area contributed by atoms with Crippen LogP contribution in [0, 0.1) is 11.8 Å². The molecule has 102 valence electrons. The average molecular weight is 274 g/mol. The van der Waals surface area contributed by atoms with Gasteiger partial charge in [0.05, 0.1) is 12.2 Å². The maximum Gasteiger partial charge on any atom is 0.138 e. The van der Waals surface area contributed by atoms with Crippen molar-refractivity contribution in [3.05, 3.63) is 72.8 Å². The predicted octanol–water partition coefficient (Wildman–Crippen LogP) is 2.73. The number of hydrogen-bond acceptors (Lipinski definition) is 3. The van der Waals surface area contributed by atoms with Crippen molar-refractivity contribution in [2.24, 2.45) is 0 Å². The van der Waals surface area contributed by atoms with E-state index < -0.39 is 0 Å². The van der Waals surface area contributed by atoms with Crippen LogP contribution in [0.5, 0.6) is 0 Å². The first-order valence-corrected chi connectivity index (χ1v) is 6.65. The molecule has 0 saturated carbocycles. The highest BCUT2D eigenvalue weighted by Gasteiger charge is 1.96. The van der Waals surface area contributed by atoms with E-state index in [-0.39, 0.29) is 0 Å². The van der Waals surface area contributed by atoms with Gasteiger partial charge in [-0.15, -0.1) is 0 Å². The summed E-state index contributed by atoms with van der Waals surface area (Å²) in [5.41, 5.74) is 3.04. The van der Waals surface area contributed by atoms with Gasteiger partial charge in [-0.2, -0.15) is 5.10 Å². The third kappa shape index (κ3) is 3.48. The van der Waals surface area contributed by atoms with Gasteiger partial charge in [-0.1, -0.05) is 30.0 Å². The predicted molar refractivity (Wildman–Crippen MR) is 83.2 cm³/mol. The Labute approximate surface area is 123 Å². The molecule has 1 heterocycles. The number of rotatable bonds is 3. The molecule has 0 radical (unpaired) electrons. The molecule has 3 rings (SSSR count). The molecule has 0 spiro atoms. The van der Waals surface area contributed by atoms with Gasteiger partial charge in [0.15, 0.2) is 0 Å². The Morgan fingerprint density at radius 2 is 1.81 bits per heavy atom. The highest BCUT2D eigenvalue weighted by Crippen LogP contribution is 2.11. The van der Waals surface area contributed by atoms with E-state index in [9.17, 15) is 0 Å². The number of nitrogens with one attached hydrogen (secondary N) is 1. The quantitative estimate of drug-likeness (QED) is 0.747. The van der Waals surface area contributed by atoms with Crippen molar-refractivity contribution in [2.75, 3.05) is 11.9 Å². The van der Waals surface area contributed by atoms with Crippen molar-refractivity contribution in [3.8, 4) is 17.5 Å². The smallest absolute Gasteiger partial charge is 0.138 e. The van der Waals surface area contributed by atoms with E-state index in [1.54, 1.807) is 11.0 Å². The molecule has 0 aliphatic carbocycles. The van der Waals surface area contributed by atoms with E-state index in [1.165, 1.54) is 6.33 Å². The summed E-state index contributed by atoms with van der Waals surface area (Å²) in [6, 6.07) is 17.9. The monoisotopic (exact) mass is 274 g/mol. The first-order valence-electron chi connectivity index (χ1n) is 6.65. The summed E-state index contributed by atoms with van der Waals surface area (Å²) in [6.45, 7) is 0.609. The summed E-state index contributed by atoms with van der Waals surface area (Å²) in [5, 5.41) is 7.36. The van der Waals surface area contributed by atoms with Gasteiger partial charge < -0.3 is 5.32 Å². The van der Waals surface area contributed by atoms with E-state index >= 15 is 0 Å². The Morgan fingerprint density at radius 3 is 2.52 bits per heavy atom. The van der Waals surface area contributed by atoms with E-state index in [0.29, 0.717) is 6.54 Å². The Balaban J connectivity index is 1.58. The summed E-state index contributed by atoms with van der Waals surface area (Å²) < 4.78 is 1.72. The largest absolute Gasteiger partial charge is 0.374 e. The summed E-state index contributed by atoms with van der Waals surface area (Å²) in [6.07, 6.45) is 3.19. The van der Waals surface area contributed by atoms with E-state index in [0.717, 1.165) is 16.9 Å². The van der Waals surface area contributed by atoms with Crippen LogP contribution in [-0.4, -0.2) is 21.3 Å². The van der Waals surface area contributed by atoms with Gasteiger partial charge in [0.2, 0.25) is 0 Å². The first kappa shape index (κ1) is 12.9. The average Bonchev–Trinajstić information content (AvgIpc) is 3.08. The fourth-order valence-electron chi connectivity index (χ4n) is 1.89. The lowest BCUT2D eigenvalue weighted by Gasteiger charge is -2.04. The fraction of sp³-hybridized carbons (Fsp3) is 0.0588. The van der Waals surface area contributed by atoms with Crippen molar-refractivity contribution in [2.45, 2.75) is 0 Å². The molecule has 0 unspecified atom stereocenters. The zero-order valence-corrected chi connectivity index (χ0v) is 11.4. The van der Waals surface area contributed by atoms with Crippen LogP contribution < -0.4 is 5.32 Å². The molecule has 0 aliphatic rings. The minimum absolute atomic E-state index is 0.609. The van der Waals surface area contributed by atoms with Crippen molar-refractivity contribution in [1.82, 2.24) is 14.8 Å². The van der Waals surface area contributed by atoms with Crippen LogP contribution in [0.4, 0.5) is 5.69 Å². The Bertz CT molecular complexity index is 735. The summed E-state index contributed by atoms with van der Waals surface area (Å²) in [4.78, 5) is 3.93. The molecule has 0 aliphatic heterocycles. The molecular weight excluding hydrogens is 260 g/mol. The maximum absolute atomic E-state index is 4.09. The number of hydrogen-bond donors (Lipinski definition) is 1. The molecule has 1 aromatic heterocycles. The van der Waals surface area contributed by atoms with Crippen LogP contribution in [-0.2, 0) is 0 Å². The molecule has 4 heteroatoms. The molecule has 3 aromatic rings. The second kappa shape index (κ2) is 6.40. The molecule has 4 nitrogen and oxygen atoms in total. The van der Waals surface area contributed by atoms with Crippen LogP contribution in [0.15, 0.2) is 67.3 Å². The Hall–Kier alpha value is -3.06. The third-order valence-electron chi connectivity index (χ3n) is 2.94. The molecule has 0 atom stereocenters. The molecule has 2 aromatic carbocycles. The normalized spacial score (nSPS) is 9.71. The minimum atomic E-state index is 0.609. The summed E-state index contributed by atoms with van der Waals surface area (Å²) >= 11 is 0. The van der Waals surface area contributed by atoms with Crippen molar-refractivity contribution < 1.29 is 0 Å². The second-order valence-corrected chi connectivity index (χ2v) is 4.41. The van der Waals surface area contributed by atoms with Crippen molar-refractivity contribution in [3.63, 3.8) is 0 Å². The lowest BCUT2D eigenvalue weighted by molar-refractivity contribution is 0.879. The van der Waals surface area contributed by atoms with E-state index in [1.807, 2.05) is 54.6 Å². The highest BCUT2D eigenvalue weighted by atomic mass is 15.3. The Kier molecular flexibility index (Phi) is 3.94. The van der Waals surface area contributed by atoms with Gasteiger partial charge >= 0.3 is 0 Å². The maximum atomic E-state index is 4.09. The van der Waals surface area contributed by atoms with Crippen LogP contribution in [0.1, 0.15) is 5.56 Å². The molecule has 0 amide bonds. The molecule has 0 bridgehead atoms. The summed E-state index contributed by atoms with van der Waals surface area (Å²) in [5.74, 6) is 6.22. The van der Waals surface area contributed by atoms with E-state index in [2.05, 4.69) is 27.2 Å². The van der Waals surface area contributed by atoms with Gasteiger partial charge in [-0.3, -0.25) is 0 Å². The highest BCUT2D eigenvalue weighted by molar-refractivity contribution is 5.49. The third-order valence-corrected chi connectivity index (χ3v) is 2.94. The number of anilines is 1. The van der Waals surface area contributed by atoms with Crippen molar-refractivity contribution in [1.29, 1.82) is 0 Å². The molecule has 1 N–H and O–H groups in total. The molecular formula is C17H14N4. The standard InChI is InChI=1S/C17H14N4/c1-2-5-15(6-3-1)7-4-12-19-16-8-10-17(11-9-16)21-14-18-13-20-21/h1-3,5-6,8-11,13-14,19H,12H2. The lowest BCUT2D eigenvalue weighted by Crippen LogP contribution is -1.99. The zero-order valence-electron chi connectivity index (χ0n) is 11.4. The zero-order chi connectivity index (χ0) is 14.3. The van der Waals surface area contributed by atoms with Crippen LogP contribution in [0.3, 0.4) is 0 Å². The molecule has 0 saturated heterocycles. The summed E-state index contributed by atoms with van der Waals surface area (Å²) in [7, 11) is 0. The van der Waals surface area contributed by atoms with Gasteiger partial charge in [0.1, 0.15) is 12.7 Å². The van der Waals surface area contributed by atoms with Crippen LogP contribution >= 0.6 is 0 Å². The van der Waals surface area contributed by atoms with Gasteiger partial charge in [-0.05, 0) is 36.4 Å². The van der Waals surface area contributed by atoms with Crippen molar-refractivity contribution >= 4 is 5.69 Å². The molecule has 0 fully saturated rings. The van der Waals surface area contributed by atoms with Gasteiger partial charge in [0, 0.05) is 11.3 Å². The lowest BCUT2D eigenvalue weighted by atomic mass is 10.2. The van der Waals surface area contributed by atoms with Gasteiger partial charge in [-0.25, -0.2) is 9.67 Å². The number of nitrogens with zero attached hydrogens (tertiary/aromatic N) is 3. The molecule has 21 heavy (non-hydrogen) atoms. The second-order valence-electron chi connectivity index (χ2n) is 4.41. The van der Waals surface area contributed by atoms with Crippen LogP contribution in [0.2, 0.25) is 0 Å². The van der Waals surface area contributed by atoms with Crippen LogP contribution in [0.25, 0.3) is 5.69 Å². The van der Waals surface area contributed by atoms with E-state index in [4.69, 9.17) is 0 Å². The fourth-order valence-corrected chi connectivity index (χ4v) is 1.89.